The molecule has 136 valence electrons. The minimum atomic E-state index is -0.412. The van der Waals surface area contributed by atoms with Crippen LogP contribution >= 0.6 is 11.8 Å². The van der Waals surface area contributed by atoms with E-state index < -0.39 is 5.91 Å². The molecule has 3 rings (SSSR count). The number of hydrogen-bond acceptors (Lipinski definition) is 4. The van der Waals surface area contributed by atoms with Crippen LogP contribution in [-0.2, 0) is 4.79 Å². The molecular formula is C19H20FN3O2S. The molecule has 5 nitrogen and oxygen atoms in total. The van der Waals surface area contributed by atoms with E-state index in [2.05, 4.69) is 4.90 Å². The summed E-state index contributed by atoms with van der Waals surface area (Å²) in [5, 5.41) is 0. The van der Waals surface area contributed by atoms with E-state index in [-0.39, 0.29) is 17.5 Å². The number of carbonyl (C=O) groups excluding carboxylic acids is 2. The maximum absolute atomic E-state index is 13.1. The van der Waals surface area contributed by atoms with Gasteiger partial charge in [0.2, 0.25) is 5.91 Å². The number of nitrogens with zero attached hydrogens (tertiary/aromatic N) is 2. The van der Waals surface area contributed by atoms with Crippen molar-refractivity contribution in [2.45, 2.75) is 4.90 Å². The van der Waals surface area contributed by atoms with Crippen LogP contribution in [0.5, 0.6) is 0 Å². The molecule has 2 amide bonds. The largest absolute Gasteiger partial charge is 0.369 e. The van der Waals surface area contributed by atoms with Gasteiger partial charge in [-0.15, -0.1) is 11.8 Å². The van der Waals surface area contributed by atoms with E-state index in [1.807, 2.05) is 23.1 Å². The van der Waals surface area contributed by atoms with Crippen LogP contribution in [-0.4, -0.2) is 48.6 Å². The van der Waals surface area contributed by atoms with Gasteiger partial charge in [-0.3, -0.25) is 9.59 Å². The summed E-state index contributed by atoms with van der Waals surface area (Å²) in [5.41, 5.74) is 6.75. The molecule has 0 spiro atoms. The number of benzene rings is 2. The summed E-state index contributed by atoms with van der Waals surface area (Å²) in [6.45, 7) is 2.55. The number of hydrogen-bond donors (Lipinski definition) is 1. The lowest BCUT2D eigenvalue weighted by molar-refractivity contribution is -0.115. The van der Waals surface area contributed by atoms with E-state index in [4.69, 9.17) is 5.73 Å². The summed E-state index contributed by atoms with van der Waals surface area (Å²) in [7, 11) is 0. The average Bonchev–Trinajstić information content (AvgIpc) is 2.67. The molecule has 1 heterocycles. The molecule has 1 aliphatic heterocycles. The van der Waals surface area contributed by atoms with Crippen LogP contribution in [0, 0.1) is 5.82 Å². The predicted molar refractivity (Wildman–Crippen MR) is 101 cm³/mol. The Morgan fingerprint density at radius 3 is 2.31 bits per heavy atom. The van der Waals surface area contributed by atoms with Crippen molar-refractivity contribution in [1.82, 2.24) is 4.90 Å². The molecule has 0 saturated carbocycles. The lowest BCUT2D eigenvalue weighted by Gasteiger charge is -2.36. The van der Waals surface area contributed by atoms with Gasteiger partial charge in [-0.2, -0.15) is 0 Å². The first kappa shape index (κ1) is 18.3. The molecule has 1 saturated heterocycles. The molecule has 26 heavy (non-hydrogen) atoms. The van der Waals surface area contributed by atoms with Gasteiger partial charge in [-0.05, 0) is 36.4 Å². The Balaban J connectivity index is 1.65. The summed E-state index contributed by atoms with van der Waals surface area (Å²) >= 11 is 1.28. The molecule has 0 unspecified atom stereocenters. The predicted octanol–water partition coefficient (Wildman–Crippen LogP) is 2.37. The number of carbonyl (C=O) groups is 2. The number of thioether (sulfide) groups is 1. The molecule has 7 heteroatoms. The van der Waals surface area contributed by atoms with E-state index >= 15 is 0 Å². The highest BCUT2D eigenvalue weighted by atomic mass is 32.2. The number of nitrogens with two attached hydrogens (primary N) is 1. The fourth-order valence-corrected chi connectivity index (χ4v) is 3.69. The van der Waals surface area contributed by atoms with Crippen molar-refractivity contribution < 1.29 is 14.0 Å². The van der Waals surface area contributed by atoms with Gasteiger partial charge in [0.05, 0.1) is 11.3 Å². The minimum absolute atomic E-state index is 0.0451. The first-order valence-corrected chi connectivity index (χ1v) is 9.33. The second-order valence-electron chi connectivity index (χ2n) is 6.01. The molecule has 1 fully saturated rings. The lowest BCUT2D eigenvalue weighted by Crippen LogP contribution is -2.48. The van der Waals surface area contributed by atoms with Crippen molar-refractivity contribution in [3.05, 3.63) is 59.9 Å². The van der Waals surface area contributed by atoms with Gasteiger partial charge in [0, 0.05) is 36.8 Å². The average molecular weight is 373 g/mol. The van der Waals surface area contributed by atoms with Crippen LogP contribution < -0.4 is 10.6 Å². The maximum Gasteiger partial charge on any atom is 0.255 e. The molecule has 0 atom stereocenters. The second kappa shape index (κ2) is 8.23. The van der Waals surface area contributed by atoms with Gasteiger partial charge in [0.25, 0.3) is 5.91 Å². The highest BCUT2D eigenvalue weighted by molar-refractivity contribution is 8.00. The minimum Gasteiger partial charge on any atom is -0.369 e. The molecule has 0 bridgehead atoms. The van der Waals surface area contributed by atoms with Crippen molar-refractivity contribution in [2.24, 2.45) is 5.73 Å². The first-order chi connectivity index (χ1) is 12.5. The SMILES string of the molecule is NC(=O)CSc1ccccc1C(=O)N1CCN(c2ccc(F)cc2)CC1. The smallest absolute Gasteiger partial charge is 0.255 e. The summed E-state index contributed by atoms with van der Waals surface area (Å²) in [6, 6.07) is 13.7. The van der Waals surface area contributed by atoms with Crippen molar-refractivity contribution >= 4 is 29.3 Å². The number of piperazine rings is 1. The fourth-order valence-electron chi connectivity index (χ4n) is 2.91. The third-order valence-electron chi connectivity index (χ3n) is 4.25. The van der Waals surface area contributed by atoms with Crippen LogP contribution in [0.4, 0.5) is 10.1 Å². The molecule has 2 N–H and O–H groups in total. The molecule has 2 aromatic carbocycles. The Hall–Kier alpha value is -2.54. The summed E-state index contributed by atoms with van der Waals surface area (Å²) < 4.78 is 13.1. The van der Waals surface area contributed by atoms with Crippen LogP contribution in [0.25, 0.3) is 0 Å². The van der Waals surface area contributed by atoms with Crippen molar-refractivity contribution in [1.29, 1.82) is 0 Å². The van der Waals surface area contributed by atoms with Gasteiger partial charge in [-0.25, -0.2) is 4.39 Å². The second-order valence-corrected chi connectivity index (χ2v) is 7.02. The summed E-state index contributed by atoms with van der Waals surface area (Å²) in [4.78, 5) is 28.6. The Bertz CT molecular complexity index is 790. The van der Waals surface area contributed by atoms with E-state index in [0.29, 0.717) is 31.7 Å². The van der Waals surface area contributed by atoms with Gasteiger partial charge < -0.3 is 15.5 Å². The third-order valence-corrected chi connectivity index (χ3v) is 5.34. The molecule has 0 radical (unpaired) electrons. The Labute approximate surface area is 156 Å². The molecule has 2 aromatic rings. The fraction of sp³-hybridized carbons (Fsp3) is 0.263. The number of halogens is 1. The summed E-state index contributed by atoms with van der Waals surface area (Å²) in [6.07, 6.45) is 0. The Morgan fingerprint density at radius 1 is 1.00 bits per heavy atom. The Morgan fingerprint density at radius 2 is 1.65 bits per heavy atom. The van der Waals surface area contributed by atoms with Crippen LogP contribution in [0.2, 0.25) is 0 Å². The molecular weight excluding hydrogens is 353 g/mol. The highest BCUT2D eigenvalue weighted by Gasteiger charge is 2.24. The molecule has 0 aromatic heterocycles. The van der Waals surface area contributed by atoms with Crippen LogP contribution in [0.1, 0.15) is 10.4 Å². The lowest BCUT2D eigenvalue weighted by atomic mass is 10.1. The normalized spacial score (nSPS) is 14.3. The van der Waals surface area contributed by atoms with E-state index in [1.165, 1.54) is 23.9 Å². The van der Waals surface area contributed by atoms with E-state index in [1.54, 1.807) is 18.2 Å². The number of rotatable bonds is 5. The van der Waals surface area contributed by atoms with Gasteiger partial charge in [0.1, 0.15) is 5.82 Å². The zero-order chi connectivity index (χ0) is 18.5. The monoisotopic (exact) mass is 373 g/mol. The van der Waals surface area contributed by atoms with E-state index in [0.717, 1.165) is 10.6 Å². The maximum atomic E-state index is 13.1. The van der Waals surface area contributed by atoms with Gasteiger partial charge in [0.15, 0.2) is 0 Å². The van der Waals surface area contributed by atoms with Crippen molar-refractivity contribution in [2.75, 3.05) is 36.8 Å². The summed E-state index contributed by atoms with van der Waals surface area (Å²) in [5.74, 6) is -0.572. The zero-order valence-corrected chi connectivity index (χ0v) is 15.0. The van der Waals surface area contributed by atoms with E-state index in [9.17, 15) is 14.0 Å². The quantitative estimate of drug-likeness (QED) is 0.817. The van der Waals surface area contributed by atoms with Gasteiger partial charge >= 0.3 is 0 Å². The van der Waals surface area contributed by atoms with Crippen molar-refractivity contribution in [3.8, 4) is 0 Å². The first-order valence-electron chi connectivity index (χ1n) is 8.34. The number of anilines is 1. The topological polar surface area (TPSA) is 66.6 Å². The molecule has 0 aliphatic carbocycles. The number of amides is 2. The Kier molecular flexibility index (Phi) is 5.78. The van der Waals surface area contributed by atoms with Gasteiger partial charge in [-0.1, -0.05) is 12.1 Å². The molecule has 1 aliphatic rings. The van der Waals surface area contributed by atoms with Crippen LogP contribution in [0.15, 0.2) is 53.4 Å². The zero-order valence-electron chi connectivity index (χ0n) is 14.2. The highest BCUT2D eigenvalue weighted by Crippen LogP contribution is 2.25. The van der Waals surface area contributed by atoms with Crippen molar-refractivity contribution in [3.63, 3.8) is 0 Å². The number of primary amides is 1. The standard InChI is InChI=1S/C19H20FN3O2S/c20-14-5-7-15(8-6-14)22-9-11-23(12-10-22)19(25)16-3-1-2-4-17(16)26-13-18(21)24/h1-8H,9-13H2,(H2,21,24). The van der Waals surface area contributed by atoms with Crippen LogP contribution in [0.3, 0.4) is 0 Å². The third kappa shape index (κ3) is 4.35.